The number of Topliss-reactive ketones (excluding diaryl/α,β-unsaturated/α-hetero) is 1. The Morgan fingerprint density at radius 2 is 1.82 bits per heavy atom. The second kappa shape index (κ2) is 7.74. The second-order valence-corrected chi connectivity index (χ2v) is 9.86. The fraction of sp³-hybridized carbons (Fsp3) is 0.240. The van der Waals surface area contributed by atoms with E-state index in [-0.39, 0.29) is 33.7 Å². The highest BCUT2D eigenvalue weighted by atomic mass is 32.2. The number of quaternary nitrogens is 1. The van der Waals surface area contributed by atoms with Crippen LogP contribution in [0.25, 0.3) is 10.8 Å². The third-order valence-corrected chi connectivity index (χ3v) is 8.11. The molecular formula is C25H20N5O3S+. The van der Waals surface area contributed by atoms with Gasteiger partial charge < -0.3 is 0 Å². The van der Waals surface area contributed by atoms with Gasteiger partial charge in [0, 0.05) is 15.7 Å². The molecule has 1 aromatic heterocycles. The number of aromatic nitrogens is 1. The number of piperazine rings is 1. The molecule has 8 nitrogen and oxygen atoms in total. The van der Waals surface area contributed by atoms with Crippen LogP contribution in [0, 0.1) is 11.3 Å². The maximum absolute atomic E-state index is 14.0. The van der Waals surface area contributed by atoms with Crippen LogP contribution in [-0.2, 0) is 9.59 Å². The fourth-order valence-electron chi connectivity index (χ4n) is 5.54. The molecule has 9 heteroatoms. The third-order valence-electron chi connectivity index (χ3n) is 7.08. The summed E-state index contributed by atoms with van der Waals surface area (Å²) >= 11 is 1.45. The topological polar surface area (TPSA) is 94.4 Å². The quantitative estimate of drug-likeness (QED) is 0.322. The van der Waals surface area contributed by atoms with Crippen molar-refractivity contribution in [2.75, 3.05) is 30.4 Å². The SMILES string of the molecule is N#Cc1ncc(N2C(=O)C3CN4CC(C(=O)CSc5ccccc5)[N+]3(C4)C2=O)c2ccccc12. The van der Waals surface area contributed by atoms with Gasteiger partial charge in [-0.15, -0.1) is 11.8 Å². The average Bonchev–Trinajstić information content (AvgIpc) is 3.51. The molecule has 2 bridgehead atoms. The van der Waals surface area contributed by atoms with Crippen LogP contribution in [0.4, 0.5) is 10.5 Å². The van der Waals surface area contributed by atoms with Gasteiger partial charge in [-0.1, -0.05) is 42.5 Å². The smallest absolute Gasteiger partial charge is 0.292 e. The molecule has 3 aliphatic heterocycles. The Bertz CT molecular complexity index is 1400. The zero-order valence-electron chi connectivity index (χ0n) is 18.1. The number of nitrogens with zero attached hydrogens (tertiary/aromatic N) is 5. The molecule has 0 radical (unpaired) electrons. The molecule has 3 amide bonds. The summed E-state index contributed by atoms with van der Waals surface area (Å²) in [6, 6.07) is 17.3. The first-order valence-corrected chi connectivity index (χ1v) is 12.0. The summed E-state index contributed by atoms with van der Waals surface area (Å²) in [6.07, 6.45) is 1.42. The molecule has 2 aromatic carbocycles. The highest BCUT2D eigenvalue weighted by molar-refractivity contribution is 8.00. The highest BCUT2D eigenvalue weighted by Crippen LogP contribution is 2.45. The zero-order chi connectivity index (χ0) is 23.4. The van der Waals surface area contributed by atoms with E-state index in [1.807, 2.05) is 35.2 Å². The molecule has 3 saturated heterocycles. The van der Waals surface area contributed by atoms with Crippen LogP contribution in [0.3, 0.4) is 0 Å². The first-order chi connectivity index (χ1) is 16.5. The molecule has 0 saturated carbocycles. The minimum absolute atomic E-state index is 0.0214. The molecule has 0 aliphatic carbocycles. The van der Waals surface area contributed by atoms with Gasteiger partial charge in [-0.05, 0) is 12.1 Å². The monoisotopic (exact) mass is 470 g/mol. The Hall–Kier alpha value is -3.58. The predicted molar refractivity (Wildman–Crippen MR) is 126 cm³/mol. The number of carbonyl (C=O) groups is 3. The molecule has 0 N–H and O–H groups in total. The first kappa shape index (κ1) is 21.0. The van der Waals surface area contributed by atoms with E-state index < -0.39 is 12.1 Å². The Morgan fingerprint density at radius 1 is 1.09 bits per heavy atom. The molecular weight excluding hydrogens is 450 g/mol. The second-order valence-electron chi connectivity index (χ2n) is 8.81. The summed E-state index contributed by atoms with van der Waals surface area (Å²) in [7, 11) is 0. The number of rotatable bonds is 5. The van der Waals surface area contributed by atoms with Crippen molar-refractivity contribution in [1.82, 2.24) is 9.88 Å². The van der Waals surface area contributed by atoms with E-state index in [2.05, 4.69) is 11.1 Å². The van der Waals surface area contributed by atoms with Gasteiger partial charge in [0.15, 0.2) is 12.1 Å². The molecule has 3 fully saturated rings. The number of thioether (sulfide) groups is 1. The van der Waals surface area contributed by atoms with Crippen molar-refractivity contribution >= 4 is 45.9 Å². The molecule has 4 heterocycles. The molecule has 1 spiro atoms. The van der Waals surface area contributed by atoms with Crippen molar-refractivity contribution in [1.29, 1.82) is 5.26 Å². The zero-order valence-corrected chi connectivity index (χ0v) is 18.9. The molecule has 6 rings (SSSR count). The summed E-state index contributed by atoms with van der Waals surface area (Å²) in [6.45, 7) is 1.29. The molecule has 4 atom stereocenters. The molecule has 34 heavy (non-hydrogen) atoms. The lowest BCUT2D eigenvalue weighted by Crippen LogP contribution is -2.62. The number of carbonyl (C=O) groups excluding carboxylic acids is 3. The van der Waals surface area contributed by atoms with Gasteiger partial charge in [0.1, 0.15) is 18.4 Å². The number of hydrogen-bond acceptors (Lipinski definition) is 7. The molecule has 3 aliphatic rings. The Labute approximate surface area is 200 Å². The number of imide groups is 1. The van der Waals surface area contributed by atoms with Crippen molar-refractivity contribution in [3.63, 3.8) is 0 Å². The Balaban J connectivity index is 1.36. The van der Waals surface area contributed by atoms with Crippen LogP contribution >= 0.6 is 11.8 Å². The van der Waals surface area contributed by atoms with Crippen molar-refractivity contribution in [3.05, 3.63) is 66.5 Å². The summed E-state index contributed by atoms with van der Waals surface area (Å²) in [5.41, 5.74) is 0.610. The third kappa shape index (κ3) is 2.86. The lowest BCUT2D eigenvalue weighted by molar-refractivity contribution is -0.852. The van der Waals surface area contributed by atoms with Gasteiger partial charge >= 0.3 is 6.03 Å². The number of pyridine rings is 1. The van der Waals surface area contributed by atoms with Crippen LogP contribution in [0.15, 0.2) is 65.7 Å². The maximum atomic E-state index is 14.0. The lowest BCUT2D eigenvalue weighted by Gasteiger charge is -2.32. The largest absolute Gasteiger partial charge is 0.433 e. The van der Waals surface area contributed by atoms with Gasteiger partial charge in [-0.3, -0.25) is 9.59 Å². The Kier molecular flexibility index (Phi) is 4.78. The van der Waals surface area contributed by atoms with Crippen molar-refractivity contribution in [2.24, 2.45) is 0 Å². The summed E-state index contributed by atoms with van der Waals surface area (Å²) in [5.74, 6) is -0.0813. The van der Waals surface area contributed by atoms with Crippen LogP contribution in [0.2, 0.25) is 0 Å². The maximum Gasteiger partial charge on any atom is 0.433 e. The van der Waals surface area contributed by atoms with Crippen molar-refractivity contribution in [3.8, 4) is 6.07 Å². The van der Waals surface area contributed by atoms with Crippen molar-refractivity contribution < 1.29 is 18.9 Å². The molecule has 3 aromatic rings. The van der Waals surface area contributed by atoms with E-state index in [1.165, 1.54) is 22.9 Å². The van der Waals surface area contributed by atoms with Gasteiger partial charge in [0.2, 0.25) is 5.78 Å². The number of fused-ring (bicyclic) bond motifs is 2. The number of ketones is 1. The summed E-state index contributed by atoms with van der Waals surface area (Å²) < 4.78 is -0.165. The highest BCUT2D eigenvalue weighted by Gasteiger charge is 2.73. The van der Waals surface area contributed by atoms with Crippen LogP contribution in [-0.4, -0.2) is 69.7 Å². The van der Waals surface area contributed by atoms with Gasteiger partial charge in [-0.2, -0.15) is 10.2 Å². The number of hydrogen-bond donors (Lipinski definition) is 0. The molecule has 4 unspecified atom stereocenters. The van der Waals surface area contributed by atoms with Crippen LogP contribution in [0.1, 0.15) is 5.69 Å². The number of benzene rings is 2. The first-order valence-electron chi connectivity index (χ1n) is 11.0. The molecule has 168 valence electrons. The van der Waals surface area contributed by atoms with Crippen molar-refractivity contribution in [2.45, 2.75) is 17.0 Å². The van der Waals surface area contributed by atoms with Gasteiger partial charge in [-0.25, -0.2) is 19.2 Å². The number of anilines is 1. The van der Waals surface area contributed by atoms with E-state index in [1.54, 1.807) is 24.3 Å². The number of urea groups is 1. The van der Waals surface area contributed by atoms with E-state index in [4.69, 9.17) is 0 Å². The van der Waals surface area contributed by atoms with Crippen LogP contribution in [0.5, 0.6) is 0 Å². The lowest BCUT2D eigenvalue weighted by atomic mass is 10.1. The standard InChI is InChI=1S/C25H20N5O3S/c26-10-19-17-8-4-5-9-18(17)20(11-27-19)29-24(32)22-13-28-12-21(30(22,15-28)25(29)33)23(31)14-34-16-6-2-1-3-7-16/h1-9,11,21-22H,12-15H2/q+1. The minimum atomic E-state index is -0.605. The van der Waals surface area contributed by atoms with E-state index in [9.17, 15) is 19.6 Å². The van der Waals surface area contributed by atoms with E-state index in [0.29, 0.717) is 36.2 Å². The van der Waals surface area contributed by atoms with E-state index in [0.717, 1.165) is 4.90 Å². The fourth-order valence-corrected chi connectivity index (χ4v) is 6.39. The summed E-state index contributed by atoms with van der Waals surface area (Å²) in [4.78, 5) is 49.3. The van der Waals surface area contributed by atoms with Crippen LogP contribution < -0.4 is 4.90 Å². The van der Waals surface area contributed by atoms with Gasteiger partial charge in [0.25, 0.3) is 5.91 Å². The minimum Gasteiger partial charge on any atom is -0.292 e. The number of amides is 3. The Morgan fingerprint density at radius 3 is 2.59 bits per heavy atom. The summed E-state index contributed by atoms with van der Waals surface area (Å²) in [5, 5.41) is 10.6. The normalized spacial score (nSPS) is 27.3. The number of nitriles is 1. The van der Waals surface area contributed by atoms with Gasteiger partial charge in [0.05, 0.1) is 30.7 Å². The van der Waals surface area contributed by atoms with E-state index >= 15 is 0 Å². The predicted octanol–water partition coefficient (Wildman–Crippen LogP) is 2.78. The average molecular weight is 471 g/mol.